The van der Waals surface area contributed by atoms with Crippen molar-refractivity contribution in [1.82, 2.24) is 9.88 Å². The Bertz CT molecular complexity index is 853. The highest BCUT2D eigenvalue weighted by atomic mass is 19.1. The van der Waals surface area contributed by atoms with Gasteiger partial charge in [0, 0.05) is 31.5 Å². The number of hydrogen-bond donors (Lipinski definition) is 1. The summed E-state index contributed by atoms with van der Waals surface area (Å²) in [7, 11) is 0. The van der Waals surface area contributed by atoms with Crippen molar-refractivity contribution in [3.63, 3.8) is 0 Å². The van der Waals surface area contributed by atoms with Crippen molar-refractivity contribution in [2.45, 2.75) is 12.6 Å². The van der Waals surface area contributed by atoms with Gasteiger partial charge in [0.05, 0.1) is 12.7 Å². The van der Waals surface area contributed by atoms with Crippen LogP contribution in [0.5, 0.6) is 0 Å². The number of aromatic nitrogens is 1. The first-order chi connectivity index (χ1) is 13.3. The van der Waals surface area contributed by atoms with E-state index in [-0.39, 0.29) is 11.9 Å². The lowest BCUT2D eigenvalue weighted by atomic mass is 10.1. The van der Waals surface area contributed by atoms with Gasteiger partial charge in [0.25, 0.3) is 0 Å². The Hall–Kier alpha value is -2.76. The topological polar surface area (TPSA) is 37.4 Å². The zero-order valence-corrected chi connectivity index (χ0v) is 15.0. The molecule has 0 amide bonds. The number of rotatable bonds is 5. The number of hydrogen-bond acceptors (Lipinski definition) is 4. The number of ether oxygens (including phenoxy) is 1. The second kappa shape index (κ2) is 8.29. The average molecular weight is 363 g/mol. The highest BCUT2D eigenvalue weighted by Gasteiger charge is 2.21. The summed E-state index contributed by atoms with van der Waals surface area (Å²) in [6.45, 7) is 3.37. The van der Waals surface area contributed by atoms with Gasteiger partial charge in [-0.3, -0.25) is 4.90 Å². The van der Waals surface area contributed by atoms with E-state index in [1.54, 1.807) is 12.1 Å². The molecule has 1 aliphatic heterocycles. The van der Waals surface area contributed by atoms with Crippen LogP contribution < -0.4 is 5.32 Å². The molecule has 1 N–H and O–H groups in total. The number of halogens is 1. The molecule has 1 fully saturated rings. The zero-order chi connectivity index (χ0) is 18.5. The van der Waals surface area contributed by atoms with E-state index in [9.17, 15) is 4.39 Å². The number of pyridine rings is 1. The smallest absolute Gasteiger partial charge is 0.130 e. The molecule has 1 atom stereocenters. The van der Waals surface area contributed by atoms with Crippen LogP contribution in [0.1, 0.15) is 17.2 Å². The van der Waals surface area contributed by atoms with Crippen LogP contribution in [-0.2, 0) is 11.3 Å². The van der Waals surface area contributed by atoms with Gasteiger partial charge in [0.15, 0.2) is 0 Å². The summed E-state index contributed by atoms with van der Waals surface area (Å²) in [5.41, 5.74) is 3.20. The average Bonchev–Trinajstić information content (AvgIpc) is 2.72. The van der Waals surface area contributed by atoms with Gasteiger partial charge in [-0.05, 0) is 41.5 Å². The second-order valence-electron chi connectivity index (χ2n) is 6.69. The van der Waals surface area contributed by atoms with Crippen LogP contribution in [0.2, 0.25) is 0 Å². The first kappa shape index (κ1) is 17.6. The Morgan fingerprint density at radius 1 is 1.04 bits per heavy atom. The van der Waals surface area contributed by atoms with Crippen LogP contribution in [0, 0.1) is 5.82 Å². The summed E-state index contributed by atoms with van der Waals surface area (Å²) in [6.07, 6.45) is 2.01. The van der Waals surface area contributed by atoms with E-state index in [0.29, 0.717) is 0 Å². The Morgan fingerprint density at radius 3 is 2.59 bits per heavy atom. The van der Waals surface area contributed by atoms with Crippen LogP contribution >= 0.6 is 0 Å². The Labute approximate surface area is 158 Å². The lowest BCUT2D eigenvalue weighted by Crippen LogP contribution is -2.37. The van der Waals surface area contributed by atoms with E-state index in [4.69, 9.17) is 4.74 Å². The van der Waals surface area contributed by atoms with E-state index in [1.165, 1.54) is 17.7 Å². The maximum atomic E-state index is 13.0. The van der Waals surface area contributed by atoms with E-state index in [1.807, 2.05) is 18.3 Å². The Balaban J connectivity index is 1.36. The molecular weight excluding hydrogens is 341 g/mol. The van der Waals surface area contributed by atoms with Gasteiger partial charge < -0.3 is 10.1 Å². The lowest BCUT2D eigenvalue weighted by molar-refractivity contribution is -0.0329. The third-order valence-electron chi connectivity index (χ3n) is 4.67. The Morgan fingerprint density at radius 2 is 1.85 bits per heavy atom. The van der Waals surface area contributed by atoms with Gasteiger partial charge in [-0.1, -0.05) is 36.4 Å². The summed E-state index contributed by atoms with van der Waals surface area (Å²) in [4.78, 5) is 6.87. The molecule has 0 radical (unpaired) electrons. The number of nitrogens with zero attached hydrogens (tertiary/aromatic N) is 2. The number of nitrogens with one attached hydrogen (secondary N) is 1. The quantitative estimate of drug-likeness (QED) is 0.722. The van der Waals surface area contributed by atoms with Gasteiger partial charge >= 0.3 is 0 Å². The molecule has 4 nitrogen and oxygen atoms in total. The lowest BCUT2D eigenvalue weighted by Gasteiger charge is -2.33. The van der Waals surface area contributed by atoms with Crippen LogP contribution in [0.4, 0.5) is 15.9 Å². The first-order valence-corrected chi connectivity index (χ1v) is 9.13. The van der Waals surface area contributed by atoms with E-state index in [2.05, 4.69) is 45.5 Å². The van der Waals surface area contributed by atoms with Crippen LogP contribution in [-0.4, -0.2) is 29.6 Å². The molecule has 1 saturated heterocycles. The molecule has 0 spiro atoms. The third-order valence-corrected chi connectivity index (χ3v) is 4.67. The molecular formula is C22H22FN3O. The predicted octanol–water partition coefficient (Wildman–Crippen LogP) is 4.54. The summed E-state index contributed by atoms with van der Waals surface area (Å²) >= 11 is 0. The fourth-order valence-electron chi connectivity index (χ4n) is 3.25. The SMILES string of the molecule is Fc1ccc(Nc2ccc(CN3CCOC(c4ccccc4)C3)cn2)cc1. The number of benzene rings is 2. The largest absolute Gasteiger partial charge is 0.371 e. The Kier molecular flexibility index (Phi) is 5.42. The molecule has 3 aromatic rings. The van der Waals surface area contributed by atoms with Crippen molar-refractivity contribution in [2.24, 2.45) is 0 Å². The number of anilines is 2. The summed E-state index contributed by atoms with van der Waals surface area (Å²) < 4.78 is 18.9. The van der Waals surface area contributed by atoms with Crippen molar-refractivity contribution in [3.8, 4) is 0 Å². The molecule has 1 aliphatic rings. The number of morpholine rings is 1. The second-order valence-corrected chi connectivity index (χ2v) is 6.69. The van der Waals surface area contributed by atoms with Gasteiger partial charge in [-0.25, -0.2) is 9.37 Å². The maximum Gasteiger partial charge on any atom is 0.130 e. The molecule has 27 heavy (non-hydrogen) atoms. The zero-order valence-electron chi connectivity index (χ0n) is 15.0. The van der Waals surface area contributed by atoms with Gasteiger partial charge in [-0.2, -0.15) is 0 Å². The standard InChI is InChI=1S/C22H22FN3O/c23-19-7-9-20(10-8-19)25-22-11-6-17(14-24-22)15-26-12-13-27-21(16-26)18-4-2-1-3-5-18/h1-11,14,21H,12-13,15-16H2,(H,24,25). The van der Waals surface area contributed by atoms with Crippen molar-refractivity contribution in [1.29, 1.82) is 0 Å². The van der Waals surface area contributed by atoms with Crippen LogP contribution in [0.15, 0.2) is 72.9 Å². The molecule has 5 heteroatoms. The normalized spacial score (nSPS) is 17.6. The fraction of sp³-hybridized carbons (Fsp3) is 0.227. The molecule has 0 saturated carbocycles. The molecule has 2 aromatic carbocycles. The fourth-order valence-corrected chi connectivity index (χ4v) is 3.25. The third kappa shape index (κ3) is 4.70. The highest BCUT2D eigenvalue weighted by Crippen LogP contribution is 2.23. The van der Waals surface area contributed by atoms with Crippen molar-refractivity contribution >= 4 is 11.5 Å². The minimum atomic E-state index is -0.247. The van der Waals surface area contributed by atoms with E-state index >= 15 is 0 Å². The van der Waals surface area contributed by atoms with Crippen molar-refractivity contribution in [2.75, 3.05) is 25.0 Å². The first-order valence-electron chi connectivity index (χ1n) is 9.13. The van der Waals surface area contributed by atoms with Gasteiger partial charge in [-0.15, -0.1) is 0 Å². The van der Waals surface area contributed by atoms with E-state index in [0.717, 1.165) is 43.3 Å². The van der Waals surface area contributed by atoms with Crippen LogP contribution in [0.25, 0.3) is 0 Å². The minimum Gasteiger partial charge on any atom is -0.371 e. The van der Waals surface area contributed by atoms with Crippen molar-refractivity contribution in [3.05, 3.63) is 89.9 Å². The summed E-state index contributed by atoms with van der Waals surface area (Å²) in [6, 6.07) is 20.6. The predicted molar refractivity (Wildman–Crippen MR) is 104 cm³/mol. The van der Waals surface area contributed by atoms with Gasteiger partial charge in [0.1, 0.15) is 11.6 Å². The molecule has 0 aliphatic carbocycles. The maximum absolute atomic E-state index is 13.0. The molecule has 138 valence electrons. The summed E-state index contributed by atoms with van der Waals surface area (Å²) in [5.74, 6) is 0.498. The monoisotopic (exact) mass is 363 g/mol. The van der Waals surface area contributed by atoms with Crippen molar-refractivity contribution < 1.29 is 9.13 Å². The van der Waals surface area contributed by atoms with Gasteiger partial charge in [0.2, 0.25) is 0 Å². The molecule has 1 aromatic heterocycles. The summed E-state index contributed by atoms with van der Waals surface area (Å²) in [5, 5.41) is 3.18. The van der Waals surface area contributed by atoms with E-state index < -0.39 is 0 Å². The molecule has 1 unspecified atom stereocenters. The molecule has 4 rings (SSSR count). The highest BCUT2D eigenvalue weighted by molar-refractivity contribution is 5.55. The molecule has 0 bridgehead atoms. The minimum absolute atomic E-state index is 0.118. The molecule has 2 heterocycles. The van der Waals surface area contributed by atoms with Crippen LogP contribution in [0.3, 0.4) is 0 Å².